The Hall–Kier alpha value is -1.58. The Morgan fingerprint density at radius 2 is 1.84 bits per heavy atom. The van der Waals surface area contributed by atoms with Crippen LogP contribution in [0.5, 0.6) is 0 Å². The normalized spacial score (nSPS) is 17.8. The summed E-state index contributed by atoms with van der Waals surface area (Å²) >= 11 is 0. The number of nitrogens with one attached hydrogen (secondary N) is 2. The minimum absolute atomic E-state index is 0.121. The first kappa shape index (κ1) is 13.8. The Kier molecular flexibility index (Phi) is 4.77. The van der Waals surface area contributed by atoms with E-state index in [-0.39, 0.29) is 17.9 Å². The molecule has 0 spiro atoms. The van der Waals surface area contributed by atoms with Crippen molar-refractivity contribution in [1.82, 2.24) is 10.6 Å². The fourth-order valence-electron chi connectivity index (χ4n) is 2.51. The summed E-state index contributed by atoms with van der Waals surface area (Å²) in [6, 6.07) is 6.25. The van der Waals surface area contributed by atoms with Gasteiger partial charge in [-0.3, -0.25) is 0 Å². The topological polar surface area (TPSA) is 41.1 Å². The van der Waals surface area contributed by atoms with E-state index in [9.17, 15) is 9.18 Å². The highest BCUT2D eigenvalue weighted by atomic mass is 19.1. The number of hydrogen-bond acceptors (Lipinski definition) is 1. The van der Waals surface area contributed by atoms with Crippen LogP contribution in [0.4, 0.5) is 9.18 Å². The van der Waals surface area contributed by atoms with Crippen molar-refractivity contribution in [3.8, 4) is 0 Å². The van der Waals surface area contributed by atoms with Crippen LogP contribution in [0.3, 0.4) is 0 Å². The van der Waals surface area contributed by atoms with Crippen molar-refractivity contribution in [3.05, 3.63) is 35.6 Å². The van der Waals surface area contributed by atoms with Crippen LogP contribution in [0.15, 0.2) is 24.3 Å². The third-order valence-corrected chi connectivity index (χ3v) is 3.66. The predicted molar refractivity (Wildman–Crippen MR) is 73.4 cm³/mol. The molecule has 3 nitrogen and oxygen atoms in total. The summed E-state index contributed by atoms with van der Waals surface area (Å²) in [4.78, 5) is 11.9. The zero-order valence-electron chi connectivity index (χ0n) is 11.3. The molecule has 1 aromatic rings. The number of hydrogen-bond donors (Lipinski definition) is 2. The molecule has 0 aromatic heterocycles. The molecule has 19 heavy (non-hydrogen) atoms. The van der Waals surface area contributed by atoms with E-state index in [1.165, 1.54) is 31.4 Å². The SMILES string of the molecule is C[C@H](NC(=O)NC1CCCCC1)c1ccc(F)cc1. The number of rotatable bonds is 3. The van der Waals surface area contributed by atoms with Crippen LogP contribution in [0.1, 0.15) is 50.6 Å². The Labute approximate surface area is 113 Å². The maximum atomic E-state index is 12.8. The van der Waals surface area contributed by atoms with E-state index < -0.39 is 0 Å². The van der Waals surface area contributed by atoms with Gasteiger partial charge in [-0.05, 0) is 37.5 Å². The molecule has 1 fully saturated rings. The standard InChI is InChI=1S/C15H21FN2O/c1-11(12-7-9-13(16)10-8-12)17-15(19)18-14-5-3-2-4-6-14/h7-11,14H,2-6H2,1H3,(H2,17,18,19)/t11-/m0/s1. The molecule has 1 aromatic carbocycles. The van der Waals surface area contributed by atoms with Gasteiger partial charge < -0.3 is 10.6 Å². The van der Waals surface area contributed by atoms with E-state index in [4.69, 9.17) is 0 Å². The van der Waals surface area contributed by atoms with Crippen LogP contribution in [-0.4, -0.2) is 12.1 Å². The maximum absolute atomic E-state index is 12.8. The third kappa shape index (κ3) is 4.23. The lowest BCUT2D eigenvalue weighted by Crippen LogP contribution is -2.43. The molecule has 0 radical (unpaired) electrons. The van der Waals surface area contributed by atoms with Crippen LogP contribution in [-0.2, 0) is 0 Å². The van der Waals surface area contributed by atoms with Crippen LogP contribution < -0.4 is 10.6 Å². The van der Waals surface area contributed by atoms with Crippen LogP contribution in [0.25, 0.3) is 0 Å². The second-order valence-corrected chi connectivity index (χ2v) is 5.23. The maximum Gasteiger partial charge on any atom is 0.315 e. The number of urea groups is 1. The van der Waals surface area contributed by atoms with E-state index in [0.29, 0.717) is 6.04 Å². The van der Waals surface area contributed by atoms with Crippen molar-refractivity contribution in [2.24, 2.45) is 0 Å². The zero-order chi connectivity index (χ0) is 13.7. The Morgan fingerprint density at radius 1 is 1.21 bits per heavy atom. The molecule has 0 aliphatic heterocycles. The molecule has 2 amide bonds. The number of carbonyl (C=O) groups is 1. The zero-order valence-corrected chi connectivity index (χ0v) is 11.3. The summed E-state index contributed by atoms with van der Waals surface area (Å²) < 4.78 is 12.8. The number of carbonyl (C=O) groups excluding carboxylic acids is 1. The lowest BCUT2D eigenvalue weighted by atomic mass is 9.96. The molecule has 0 bridgehead atoms. The van der Waals surface area contributed by atoms with Crippen molar-refractivity contribution < 1.29 is 9.18 Å². The fraction of sp³-hybridized carbons (Fsp3) is 0.533. The lowest BCUT2D eigenvalue weighted by molar-refractivity contribution is 0.229. The third-order valence-electron chi connectivity index (χ3n) is 3.66. The van der Waals surface area contributed by atoms with Crippen molar-refractivity contribution in [3.63, 3.8) is 0 Å². The molecule has 1 atom stereocenters. The van der Waals surface area contributed by atoms with Crippen LogP contribution in [0, 0.1) is 5.82 Å². The van der Waals surface area contributed by atoms with Gasteiger partial charge in [0.15, 0.2) is 0 Å². The van der Waals surface area contributed by atoms with Gasteiger partial charge in [0, 0.05) is 6.04 Å². The van der Waals surface area contributed by atoms with E-state index in [0.717, 1.165) is 18.4 Å². The molecule has 1 saturated carbocycles. The van der Waals surface area contributed by atoms with Gasteiger partial charge in [0.1, 0.15) is 5.82 Å². The molecule has 4 heteroatoms. The highest BCUT2D eigenvalue weighted by molar-refractivity contribution is 5.74. The molecule has 1 aliphatic carbocycles. The van der Waals surface area contributed by atoms with Crippen LogP contribution >= 0.6 is 0 Å². The van der Waals surface area contributed by atoms with Gasteiger partial charge in [-0.25, -0.2) is 9.18 Å². The van der Waals surface area contributed by atoms with E-state index in [1.54, 1.807) is 12.1 Å². The Balaban J connectivity index is 1.82. The number of halogens is 1. The predicted octanol–water partition coefficient (Wildman–Crippen LogP) is 3.52. The minimum atomic E-state index is -0.261. The smallest absolute Gasteiger partial charge is 0.315 e. The number of amides is 2. The van der Waals surface area contributed by atoms with Gasteiger partial charge in [-0.1, -0.05) is 31.4 Å². The average molecular weight is 264 g/mol. The largest absolute Gasteiger partial charge is 0.335 e. The summed E-state index contributed by atoms with van der Waals surface area (Å²) in [6.45, 7) is 1.90. The highest BCUT2D eigenvalue weighted by Gasteiger charge is 2.16. The Bertz CT molecular complexity index is 413. The van der Waals surface area contributed by atoms with Crippen LogP contribution in [0.2, 0.25) is 0 Å². The molecule has 2 rings (SSSR count). The van der Waals surface area contributed by atoms with Gasteiger partial charge in [0.05, 0.1) is 6.04 Å². The van der Waals surface area contributed by atoms with Crippen molar-refractivity contribution in [1.29, 1.82) is 0 Å². The molecule has 1 aliphatic rings. The highest BCUT2D eigenvalue weighted by Crippen LogP contribution is 2.17. The molecule has 0 saturated heterocycles. The van der Waals surface area contributed by atoms with E-state index in [2.05, 4.69) is 10.6 Å². The van der Waals surface area contributed by atoms with Gasteiger partial charge >= 0.3 is 6.03 Å². The number of benzene rings is 1. The minimum Gasteiger partial charge on any atom is -0.335 e. The summed E-state index contributed by atoms with van der Waals surface area (Å²) in [7, 11) is 0. The van der Waals surface area contributed by atoms with Gasteiger partial charge in [-0.15, -0.1) is 0 Å². The monoisotopic (exact) mass is 264 g/mol. The van der Waals surface area contributed by atoms with Gasteiger partial charge in [0.2, 0.25) is 0 Å². The second-order valence-electron chi connectivity index (χ2n) is 5.23. The van der Waals surface area contributed by atoms with Crippen molar-refractivity contribution in [2.45, 2.75) is 51.1 Å². The first-order valence-electron chi connectivity index (χ1n) is 6.97. The molecular weight excluding hydrogens is 243 g/mol. The lowest BCUT2D eigenvalue weighted by Gasteiger charge is -2.24. The first-order chi connectivity index (χ1) is 9.15. The summed E-state index contributed by atoms with van der Waals surface area (Å²) in [6.07, 6.45) is 5.79. The van der Waals surface area contributed by atoms with Crippen molar-refractivity contribution >= 4 is 6.03 Å². The quantitative estimate of drug-likeness (QED) is 0.861. The molecular formula is C15H21FN2O. The molecule has 0 unspecified atom stereocenters. The molecule has 104 valence electrons. The first-order valence-corrected chi connectivity index (χ1v) is 6.97. The summed E-state index contributed by atoms with van der Waals surface area (Å²) in [5.74, 6) is -0.261. The molecule has 2 N–H and O–H groups in total. The average Bonchev–Trinajstić information content (AvgIpc) is 2.40. The fourth-order valence-corrected chi connectivity index (χ4v) is 2.51. The molecule has 0 heterocycles. The summed E-state index contributed by atoms with van der Waals surface area (Å²) in [5.41, 5.74) is 0.903. The van der Waals surface area contributed by atoms with E-state index in [1.807, 2.05) is 6.92 Å². The second kappa shape index (κ2) is 6.55. The Morgan fingerprint density at radius 3 is 2.47 bits per heavy atom. The van der Waals surface area contributed by atoms with Gasteiger partial charge in [-0.2, -0.15) is 0 Å². The van der Waals surface area contributed by atoms with Crippen molar-refractivity contribution in [2.75, 3.05) is 0 Å². The summed E-state index contributed by atoms with van der Waals surface area (Å²) in [5, 5.41) is 5.90. The van der Waals surface area contributed by atoms with Gasteiger partial charge in [0.25, 0.3) is 0 Å². The van der Waals surface area contributed by atoms with E-state index >= 15 is 0 Å².